The summed E-state index contributed by atoms with van der Waals surface area (Å²) in [4.78, 5) is 0. The van der Waals surface area contributed by atoms with Crippen LogP contribution < -0.4 is 5.32 Å². The molecule has 1 aliphatic heterocycles. The summed E-state index contributed by atoms with van der Waals surface area (Å²) in [7, 11) is 0. The maximum Gasteiger partial charge on any atom is 0.0704 e. The van der Waals surface area contributed by atoms with Gasteiger partial charge in [0.2, 0.25) is 0 Å². The third-order valence-corrected chi connectivity index (χ3v) is 2.81. The van der Waals surface area contributed by atoms with E-state index in [0.29, 0.717) is 11.3 Å². The average molecular weight is 185 g/mol. The number of hydrogen-bond acceptors (Lipinski definition) is 2. The van der Waals surface area contributed by atoms with Gasteiger partial charge in [0, 0.05) is 13.1 Å². The second-order valence-corrected chi connectivity index (χ2v) is 5.44. The van der Waals surface area contributed by atoms with Crippen LogP contribution in [0, 0.1) is 11.3 Å². The molecule has 78 valence electrons. The first-order chi connectivity index (χ1) is 5.99. The first-order valence-electron chi connectivity index (χ1n) is 5.38. The molecule has 2 N–H and O–H groups in total. The van der Waals surface area contributed by atoms with E-state index in [2.05, 4.69) is 26.1 Å². The largest absolute Gasteiger partial charge is 0.391 e. The lowest BCUT2D eigenvalue weighted by Crippen LogP contribution is -2.18. The van der Waals surface area contributed by atoms with Crippen molar-refractivity contribution in [2.24, 2.45) is 11.3 Å². The van der Waals surface area contributed by atoms with Crippen LogP contribution >= 0.6 is 0 Å². The Kier molecular flexibility index (Phi) is 3.74. The molecule has 2 atom stereocenters. The Bertz CT molecular complexity index is 151. The molecule has 1 fully saturated rings. The van der Waals surface area contributed by atoms with Crippen molar-refractivity contribution in [3.05, 3.63) is 0 Å². The van der Waals surface area contributed by atoms with Crippen LogP contribution in [0.25, 0.3) is 0 Å². The maximum absolute atomic E-state index is 9.56. The topological polar surface area (TPSA) is 32.3 Å². The number of aliphatic hydroxyl groups excluding tert-OH is 1. The summed E-state index contributed by atoms with van der Waals surface area (Å²) < 4.78 is 0. The second-order valence-electron chi connectivity index (χ2n) is 5.44. The molecular weight excluding hydrogens is 162 g/mol. The standard InChI is InChI=1S/C11H23NO/c1-11(2,3)6-4-5-9-7-12-8-10(9)13/h9-10,12-13H,4-8H2,1-3H3. The molecule has 0 spiro atoms. The number of rotatable bonds is 3. The van der Waals surface area contributed by atoms with E-state index < -0.39 is 0 Å². The lowest BCUT2D eigenvalue weighted by molar-refractivity contribution is 0.139. The van der Waals surface area contributed by atoms with Crippen LogP contribution in [0.1, 0.15) is 40.0 Å². The van der Waals surface area contributed by atoms with Crippen molar-refractivity contribution >= 4 is 0 Å². The van der Waals surface area contributed by atoms with E-state index in [9.17, 15) is 5.11 Å². The molecule has 0 aromatic heterocycles. The Labute approximate surface area is 81.7 Å². The number of aliphatic hydroxyl groups is 1. The van der Waals surface area contributed by atoms with Crippen LogP contribution in [0.3, 0.4) is 0 Å². The fourth-order valence-electron chi connectivity index (χ4n) is 1.91. The maximum atomic E-state index is 9.56. The molecule has 0 bridgehead atoms. The van der Waals surface area contributed by atoms with Gasteiger partial charge in [0.25, 0.3) is 0 Å². The molecule has 2 nitrogen and oxygen atoms in total. The Balaban J connectivity index is 2.12. The quantitative estimate of drug-likeness (QED) is 0.702. The van der Waals surface area contributed by atoms with Gasteiger partial charge in [-0.25, -0.2) is 0 Å². The van der Waals surface area contributed by atoms with E-state index in [1.165, 1.54) is 19.3 Å². The summed E-state index contributed by atoms with van der Waals surface area (Å²) in [6, 6.07) is 0. The van der Waals surface area contributed by atoms with Gasteiger partial charge < -0.3 is 10.4 Å². The molecule has 1 rings (SSSR count). The lowest BCUT2D eigenvalue weighted by Gasteiger charge is -2.19. The third-order valence-electron chi connectivity index (χ3n) is 2.81. The van der Waals surface area contributed by atoms with E-state index in [1.54, 1.807) is 0 Å². The highest BCUT2D eigenvalue weighted by Crippen LogP contribution is 2.24. The van der Waals surface area contributed by atoms with Crippen molar-refractivity contribution in [3.63, 3.8) is 0 Å². The normalized spacial score (nSPS) is 29.5. The molecule has 13 heavy (non-hydrogen) atoms. The molecule has 0 aromatic rings. The fraction of sp³-hybridized carbons (Fsp3) is 1.00. The summed E-state index contributed by atoms with van der Waals surface area (Å²) >= 11 is 0. The number of nitrogens with one attached hydrogen (secondary N) is 1. The molecule has 1 aliphatic rings. The first kappa shape index (κ1) is 11.0. The summed E-state index contributed by atoms with van der Waals surface area (Å²) in [5.41, 5.74) is 0.441. The predicted octanol–water partition coefficient (Wildman–Crippen LogP) is 1.78. The molecule has 1 heterocycles. The molecule has 2 unspecified atom stereocenters. The van der Waals surface area contributed by atoms with Crippen LogP contribution in [-0.4, -0.2) is 24.3 Å². The van der Waals surface area contributed by atoms with Crippen LogP contribution in [0.15, 0.2) is 0 Å². The molecular formula is C11H23NO. The van der Waals surface area contributed by atoms with Gasteiger partial charge in [-0.15, -0.1) is 0 Å². The third kappa shape index (κ3) is 4.10. The molecule has 0 aliphatic carbocycles. The summed E-state index contributed by atoms with van der Waals surface area (Å²) in [5.74, 6) is 0.502. The van der Waals surface area contributed by atoms with Crippen molar-refractivity contribution in [1.82, 2.24) is 5.32 Å². The highest BCUT2D eigenvalue weighted by Gasteiger charge is 2.24. The number of hydrogen-bond donors (Lipinski definition) is 2. The van der Waals surface area contributed by atoms with Crippen molar-refractivity contribution in [3.8, 4) is 0 Å². The zero-order valence-electron chi connectivity index (χ0n) is 9.14. The molecule has 0 aromatic carbocycles. The monoisotopic (exact) mass is 185 g/mol. The summed E-state index contributed by atoms with van der Waals surface area (Å²) in [6.45, 7) is 8.62. The van der Waals surface area contributed by atoms with Crippen LogP contribution in [-0.2, 0) is 0 Å². The minimum atomic E-state index is -0.0973. The molecule has 0 radical (unpaired) electrons. The van der Waals surface area contributed by atoms with E-state index in [0.717, 1.165) is 13.1 Å². The van der Waals surface area contributed by atoms with Gasteiger partial charge in [-0.3, -0.25) is 0 Å². The Hall–Kier alpha value is -0.0800. The number of β-amino-alcohol motifs (C(OH)–C–C–N with tert-alkyl or cyclic N) is 1. The average Bonchev–Trinajstić information content (AvgIpc) is 2.34. The van der Waals surface area contributed by atoms with Crippen LogP contribution in [0.2, 0.25) is 0 Å². The zero-order chi connectivity index (χ0) is 9.90. The molecule has 0 amide bonds. The summed E-state index contributed by atoms with van der Waals surface area (Å²) in [6.07, 6.45) is 3.58. The Morgan fingerprint density at radius 2 is 2.00 bits per heavy atom. The van der Waals surface area contributed by atoms with Gasteiger partial charge in [0.15, 0.2) is 0 Å². The molecule has 1 saturated heterocycles. The SMILES string of the molecule is CC(C)(C)CCCC1CNCC1O. The summed E-state index contributed by atoms with van der Waals surface area (Å²) in [5, 5.41) is 12.8. The van der Waals surface area contributed by atoms with Gasteiger partial charge >= 0.3 is 0 Å². The smallest absolute Gasteiger partial charge is 0.0704 e. The zero-order valence-corrected chi connectivity index (χ0v) is 9.14. The highest BCUT2D eigenvalue weighted by atomic mass is 16.3. The van der Waals surface area contributed by atoms with Gasteiger partial charge in [0.1, 0.15) is 0 Å². The highest BCUT2D eigenvalue weighted by molar-refractivity contribution is 4.80. The van der Waals surface area contributed by atoms with Crippen molar-refractivity contribution < 1.29 is 5.11 Å². The molecule has 0 saturated carbocycles. The van der Waals surface area contributed by atoms with Gasteiger partial charge in [-0.1, -0.05) is 27.2 Å². The lowest BCUT2D eigenvalue weighted by atomic mass is 9.87. The van der Waals surface area contributed by atoms with Crippen molar-refractivity contribution in [1.29, 1.82) is 0 Å². The second kappa shape index (κ2) is 4.43. The van der Waals surface area contributed by atoms with Crippen LogP contribution in [0.5, 0.6) is 0 Å². The van der Waals surface area contributed by atoms with E-state index in [1.807, 2.05) is 0 Å². The fourth-order valence-corrected chi connectivity index (χ4v) is 1.91. The van der Waals surface area contributed by atoms with Gasteiger partial charge in [-0.05, 0) is 24.2 Å². The predicted molar refractivity (Wildman–Crippen MR) is 55.7 cm³/mol. The minimum Gasteiger partial charge on any atom is -0.391 e. The van der Waals surface area contributed by atoms with Crippen molar-refractivity contribution in [2.75, 3.05) is 13.1 Å². The van der Waals surface area contributed by atoms with Crippen molar-refractivity contribution in [2.45, 2.75) is 46.1 Å². The van der Waals surface area contributed by atoms with E-state index in [4.69, 9.17) is 0 Å². The van der Waals surface area contributed by atoms with Gasteiger partial charge in [0.05, 0.1) is 6.10 Å². The van der Waals surface area contributed by atoms with E-state index in [-0.39, 0.29) is 6.10 Å². The molecule has 2 heteroatoms. The van der Waals surface area contributed by atoms with Gasteiger partial charge in [-0.2, -0.15) is 0 Å². The Morgan fingerprint density at radius 1 is 1.31 bits per heavy atom. The minimum absolute atomic E-state index is 0.0973. The Morgan fingerprint density at radius 3 is 2.46 bits per heavy atom. The first-order valence-corrected chi connectivity index (χ1v) is 5.38. The van der Waals surface area contributed by atoms with Crippen LogP contribution in [0.4, 0.5) is 0 Å². The van der Waals surface area contributed by atoms with E-state index >= 15 is 0 Å².